The Morgan fingerprint density at radius 1 is 1.19 bits per heavy atom. The number of benzene rings is 2. The number of hydrogen-bond acceptors (Lipinski definition) is 3. The largest absolute Gasteiger partial charge is 0.477 e. The monoisotopic (exact) mass is 425 g/mol. The summed E-state index contributed by atoms with van der Waals surface area (Å²) in [6.45, 7) is -0.915. The third-order valence-electron chi connectivity index (χ3n) is 6.36. The minimum atomic E-state index is -3.08. The molecule has 5 rings (SSSR count). The van der Waals surface area contributed by atoms with E-state index in [0.717, 1.165) is 31.2 Å². The highest BCUT2D eigenvalue weighted by molar-refractivity contribution is 5.97. The lowest BCUT2D eigenvalue weighted by atomic mass is 9.96. The minimum absolute atomic E-state index is 0.0441. The molecular formula is C24H21F2NO4. The molecule has 1 saturated carbocycles. The molecule has 2 aliphatic carbocycles. The van der Waals surface area contributed by atoms with Crippen LogP contribution >= 0.6 is 0 Å². The van der Waals surface area contributed by atoms with E-state index < -0.39 is 18.0 Å². The lowest BCUT2D eigenvalue weighted by Crippen LogP contribution is -2.19. The number of fused-ring (bicyclic) bond motifs is 2. The molecule has 0 spiro atoms. The van der Waals surface area contributed by atoms with Crippen LogP contribution in [0.2, 0.25) is 0 Å². The zero-order valence-electron chi connectivity index (χ0n) is 16.9. The maximum Gasteiger partial charge on any atom is 0.387 e. The van der Waals surface area contributed by atoms with Crippen LogP contribution in [0.5, 0.6) is 5.75 Å². The number of pyridine rings is 1. The van der Waals surface area contributed by atoms with Gasteiger partial charge in [0.1, 0.15) is 5.56 Å². The van der Waals surface area contributed by atoms with E-state index in [4.69, 9.17) is 4.74 Å². The molecule has 5 nitrogen and oxygen atoms in total. The summed E-state index contributed by atoms with van der Waals surface area (Å²) in [6, 6.07) is 8.98. The van der Waals surface area contributed by atoms with Crippen molar-refractivity contribution in [2.75, 3.05) is 0 Å². The summed E-state index contributed by atoms with van der Waals surface area (Å²) >= 11 is 0. The zero-order chi connectivity index (χ0) is 21.9. The van der Waals surface area contributed by atoms with Crippen molar-refractivity contribution in [3.8, 4) is 16.9 Å². The number of carbonyl (C=O) groups is 1. The second kappa shape index (κ2) is 7.18. The average molecular weight is 425 g/mol. The molecule has 3 aromatic rings. The van der Waals surface area contributed by atoms with Crippen molar-refractivity contribution >= 4 is 16.9 Å². The highest BCUT2D eigenvalue weighted by Gasteiger charge is 2.30. The number of rotatable bonds is 5. The second-order valence-electron chi connectivity index (χ2n) is 8.39. The fourth-order valence-corrected chi connectivity index (χ4v) is 4.64. The summed E-state index contributed by atoms with van der Waals surface area (Å²) in [5.41, 5.74) is 2.81. The Morgan fingerprint density at radius 2 is 1.97 bits per heavy atom. The molecule has 0 bridgehead atoms. The first-order chi connectivity index (χ1) is 14.8. The van der Waals surface area contributed by atoms with Gasteiger partial charge in [0.15, 0.2) is 5.75 Å². The SMILES string of the molecule is C[C@H]1CCc2cc(-c3ccc4c(=O)c(C(=O)O)cn(C5CC5)c4c3OC(F)F)ccc21. The van der Waals surface area contributed by atoms with Gasteiger partial charge in [-0.25, -0.2) is 4.79 Å². The molecule has 31 heavy (non-hydrogen) atoms. The van der Waals surface area contributed by atoms with Crippen LogP contribution in [-0.4, -0.2) is 22.3 Å². The topological polar surface area (TPSA) is 68.5 Å². The first-order valence-electron chi connectivity index (χ1n) is 10.4. The molecule has 2 aliphatic rings. The number of aryl methyl sites for hydroxylation is 1. The Balaban J connectivity index is 1.80. The average Bonchev–Trinajstić information content (AvgIpc) is 3.51. The number of hydrogen-bond donors (Lipinski definition) is 1. The Kier molecular flexibility index (Phi) is 4.57. The third kappa shape index (κ3) is 3.28. The van der Waals surface area contributed by atoms with Crippen molar-refractivity contribution in [2.45, 2.75) is 51.2 Å². The number of alkyl halides is 2. The second-order valence-corrected chi connectivity index (χ2v) is 8.39. The normalized spacial score (nSPS) is 17.9. The summed E-state index contributed by atoms with van der Waals surface area (Å²) in [5, 5.41) is 9.52. The van der Waals surface area contributed by atoms with E-state index in [1.807, 2.05) is 18.2 Å². The molecular weight excluding hydrogens is 404 g/mol. The van der Waals surface area contributed by atoms with Gasteiger partial charge in [-0.05, 0) is 60.4 Å². The summed E-state index contributed by atoms with van der Waals surface area (Å²) in [5.74, 6) is -0.958. The third-order valence-corrected chi connectivity index (χ3v) is 6.36. The Bertz CT molecular complexity index is 1280. The maximum absolute atomic E-state index is 13.5. The fourth-order valence-electron chi connectivity index (χ4n) is 4.64. The summed E-state index contributed by atoms with van der Waals surface area (Å²) in [4.78, 5) is 24.4. The Hall–Kier alpha value is -3.22. The molecule has 1 aromatic heterocycles. The van der Waals surface area contributed by atoms with Gasteiger partial charge in [0.25, 0.3) is 0 Å². The molecule has 2 aromatic carbocycles. The van der Waals surface area contributed by atoms with Crippen LogP contribution in [0.3, 0.4) is 0 Å². The summed E-state index contributed by atoms with van der Waals surface area (Å²) < 4.78 is 33.5. The van der Waals surface area contributed by atoms with E-state index in [0.29, 0.717) is 11.5 Å². The summed E-state index contributed by atoms with van der Waals surface area (Å²) in [6.07, 6.45) is 4.81. The predicted molar refractivity (Wildman–Crippen MR) is 112 cm³/mol. The molecule has 0 radical (unpaired) electrons. The van der Waals surface area contributed by atoms with Gasteiger partial charge in [0.2, 0.25) is 5.43 Å². The van der Waals surface area contributed by atoms with Crippen LogP contribution in [0.15, 0.2) is 41.3 Å². The van der Waals surface area contributed by atoms with Gasteiger partial charge in [-0.2, -0.15) is 8.78 Å². The van der Waals surface area contributed by atoms with Crippen LogP contribution < -0.4 is 10.2 Å². The molecule has 1 fully saturated rings. The lowest BCUT2D eigenvalue weighted by Gasteiger charge is -2.19. The maximum atomic E-state index is 13.5. The molecule has 0 amide bonds. The van der Waals surface area contributed by atoms with Crippen molar-refractivity contribution in [2.24, 2.45) is 0 Å². The van der Waals surface area contributed by atoms with Gasteiger partial charge in [0.05, 0.1) is 10.9 Å². The molecule has 1 N–H and O–H groups in total. The highest BCUT2D eigenvalue weighted by atomic mass is 19.3. The molecule has 0 aliphatic heterocycles. The van der Waals surface area contributed by atoms with Crippen molar-refractivity contribution in [1.82, 2.24) is 4.57 Å². The fraction of sp³-hybridized carbons (Fsp3) is 0.333. The van der Waals surface area contributed by atoms with Crippen molar-refractivity contribution in [3.63, 3.8) is 0 Å². The van der Waals surface area contributed by atoms with E-state index in [1.54, 1.807) is 10.6 Å². The predicted octanol–water partition coefficient (Wildman–Crippen LogP) is 5.35. The van der Waals surface area contributed by atoms with Crippen molar-refractivity contribution in [1.29, 1.82) is 0 Å². The first kappa shape index (κ1) is 19.7. The van der Waals surface area contributed by atoms with E-state index >= 15 is 0 Å². The highest BCUT2D eigenvalue weighted by Crippen LogP contribution is 2.44. The van der Waals surface area contributed by atoms with Gasteiger partial charge >= 0.3 is 12.6 Å². The molecule has 1 atom stereocenters. The van der Waals surface area contributed by atoms with Gasteiger partial charge < -0.3 is 14.4 Å². The van der Waals surface area contributed by atoms with E-state index in [1.165, 1.54) is 23.4 Å². The molecule has 1 heterocycles. The van der Waals surface area contributed by atoms with Gasteiger partial charge in [-0.3, -0.25) is 4.79 Å². The van der Waals surface area contributed by atoms with E-state index in [9.17, 15) is 23.5 Å². The van der Waals surface area contributed by atoms with Crippen LogP contribution in [0.25, 0.3) is 22.0 Å². The number of ether oxygens (including phenoxy) is 1. The van der Waals surface area contributed by atoms with Gasteiger partial charge in [0, 0.05) is 17.8 Å². The number of aromatic carboxylic acids is 1. The minimum Gasteiger partial charge on any atom is -0.477 e. The molecule has 7 heteroatoms. The van der Waals surface area contributed by atoms with Crippen LogP contribution in [0.4, 0.5) is 8.78 Å². The van der Waals surface area contributed by atoms with Crippen LogP contribution in [0.1, 0.15) is 59.6 Å². The molecule has 0 saturated heterocycles. The van der Waals surface area contributed by atoms with Crippen LogP contribution in [-0.2, 0) is 6.42 Å². The van der Waals surface area contributed by atoms with E-state index in [-0.39, 0.29) is 28.3 Å². The lowest BCUT2D eigenvalue weighted by molar-refractivity contribution is -0.0486. The molecule has 160 valence electrons. The standard InChI is InChI=1S/C24H21F2NO4/c1-12-2-3-13-10-14(4-7-16(12)13)17-8-9-18-20(22(17)31-24(25)26)27(15-5-6-15)11-19(21(18)28)23(29)30/h4,7-12,15,24H,2-3,5-6H2,1H3,(H,29,30)/t12-/m0/s1. The summed E-state index contributed by atoms with van der Waals surface area (Å²) in [7, 11) is 0. The van der Waals surface area contributed by atoms with Crippen LogP contribution in [0, 0.1) is 0 Å². The quantitative estimate of drug-likeness (QED) is 0.598. The number of nitrogens with zero attached hydrogens (tertiary/aromatic N) is 1. The molecule has 0 unspecified atom stereocenters. The Morgan fingerprint density at radius 3 is 2.65 bits per heavy atom. The number of carboxylic acids is 1. The van der Waals surface area contributed by atoms with Crippen molar-refractivity contribution < 1.29 is 23.4 Å². The smallest absolute Gasteiger partial charge is 0.387 e. The Labute approximate surface area is 176 Å². The number of carboxylic acid groups (broad SMARTS) is 1. The van der Waals surface area contributed by atoms with E-state index in [2.05, 4.69) is 6.92 Å². The number of aromatic nitrogens is 1. The zero-order valence-corrected chi connectivity index (χ0v) is 16.9. The van der Waals surface area contributed by atoms with Gasteiger partial charge in [-0.1, -0.05) is 25.1 Å². The van der Waals surface area contributed by atoms with Crippen molar-refractivity contribution in [3.05, 3.63) is 63.4 Å². The number of halogens is 2. The van der Waals surface area contributed by atoms with Gasteiger partial charge in [-0.15, -0.1) is 0 Å². The first-order valence-corrected chi connectivity index (χ1v) is 10.4.